The maximum absolute atomic E-state index is 12.6. The number of amides is 1. The fourth-order valence-corrected chi connectivity index (χ4v) is 3.64. The minimum absolute atomic E-state index is 0.0105. The van der Waals surface area contributed by atoms with Gasteiger partial charge in [-0.1, -0.05) is 31.0 Å². The first-order valence-corrected chi connectivity index (χ1v) is 7.89. The molecule has 0 spiro atoms. The van der Waals surface area contributed by atoms with Crippen LogP contribution < -0.4 is 10.6 Å². The lowest BCUT2D eigenvalue weighted by molar-refractivity contribution is -0.123. The highest BCUT2D eigenvalue weighted by Crippen LogP contribution is 2.32. The quantitative estimate of drug-likeness (QED) is 0.886. The predicted molar refractivity (Wildman–Crippen MR) is 81.9 cm³/mol. The molecule has 2 atom stereocenters. The van der Waals surface area contributed by atoms with Crippen molar-refractivity contribution in [2.75, 3.05) is 11.9 Å². The van der Waals surface area contributed by atoms with Gasteiger partial charge in [0.2, 0.25) is 5.91 Å². The van der Waals surface area contributed by atoms with Crippen LogP contribution in [0.3, 0.4) is 0 Å². The van der Waals surface area contributed by atoms with Crippen molar-refractivity contribution in [2.24, 2.45) is 5.92 Å². The molecule has 1 heterocycles. The van der Waals surface area contributed by atoms with Crippen molar-refractivity contribution in [3.63, 3.8) is 0 Å². The molecule has 3 heteroatoms. The number of anilines is 1. The minimum Gasteiger partial charge on any atom is -0.385 e. The van der Waals surface area contributed by atoms with Gasteiger partial charge in [0.1, 0.15) is 0 Å². The molecule has 1 fully saturated rings. The zero-order chi connectivity index (χ0) is 13.9. The third-order valence-corrected chi connectivity index (χ3v) is 4.88. The second kappa shape index (κ2) is 5.86. The highest BCUT2D eigenvalue weighted by atomic mass is 16.1. The number of benzene rings is 1. The molecule has 3 rings (SSSR count). The Labute approximate surface area is 121 Å². The lowest BCUT2D eigenvalue weighted by Gasteiger charge is -2.28. The van der Waals surface area contributed by atoms with Gasteiger partial charge in [0.05, 0.1) is 5.92 Å². The second-order valence-electron chi connectivity index (χ2n) is 6.20. The van der Waals surface area contributed by atoms with E-state index in [0.717, 1.165) is 24.2 Å². The molecule has 1 aromatic carbocycles. The summed E-state index contributed by atoms with van der Waals surface area (Å²) in [5, 5.41) is 6.64. The van der Waals surface area contributed by atoms with Gasteiger partial charge in [-0.15, -0.1) is 0 Å². The van der Waals surface area contributed by atoms with Crippen molar-refractivity contribution in [1.29, 1.82) is 0 Å². The van der Waals surface area contributed by atoms with E-state index in [1.165, 1.54) is 25.7 Å². The van der Waals surface area contributed by atoms with Crippen molar-refractivity contribution in [3.8, 4) is 0 Å². The third kappa shape index (κ3) is 2.67. The zero-order valence-electron chi connectivity index (χ0n) is 12.2. The van der Waals surface area contributed by atoms with E-state index >= 15 is 0 Å². The number of hydrogen-bond donors (Lipinski definition) is 2. The zero-order valence-corrected chi connectivity index (χ0v) is 12.2. The normalized spacial score (nSPS) is 23.8. The standard InChI is InChI=1S/C17H24N2O/c1-12(13-6-2-3-7-13)19-17(20)15-10-11-18-16-9-5-4-8-14(15)16/h4-5,8-9,12-13,15,18H,2-3,6-7,10-11H2,1H3,(H,19,20)/t12-,15?/m1/s1. The van der Waals surface area contributed by atoms with Gasteiger partial charge in [0.15, 0.2) is 0 Å². The van der Waals surface area contributed by atoms with Crippen LogP contribution in [0.2, 0.25) is 0 Å². The van der Waals surface area contributed by atoms with Crippen LogP contribution in [0.15, 0.2) is 24.3 Å². The lowest BCUT2D eigenvalue weighted by atomic mass is 9.89. The van der Waals surface area contributed by atoms with Gasteiger partial charge >= 0.3 is 0 Å². The SMILES string of the molecule is C[C@@H](NC(=O)C1CCNc2ccccc21)C1CCCC1. The Morgan fingerprint density at radius 1 is 1.25 bits per heavy atom. The summed E-state index contributed by atoms with van der Waals surface area (Å²) in [6.07, 6.45) is 6.07. The van der Waals surface area contributed by atoms with Crippen molar-refractivity contribution < 1.29 is 4.79 Å². The van der Waals surface area contributed by atoms with E-state index in [4.69, 9.17) is 0 Å². The first kappa shape index (κ1) is 13.5. The maximum atomic E-state index is 12.6. The Hall–Kier alpha value is -1.51. The van der Waals surface area contributed by atoms with Crippen LogP contribution in [0.5, 0.6) is 0 Å². The summed E-state index contributed by atoms with van der Waals surface area (Å²) in [6.45, 7) is 3.05. The second-order valence-corrected chi connectivity index (χ2v) is 6.20. The number of carbonyl (C=O) groups excluding carboxylic acids is 1. The van der Waals surface area contributed by atoms with Crippen molar-refractivity contribution in [3.05, 3.63) is 29.8 Å². The van der Waals surface area contributed by atoms with Gasteiger partial charge < -0.3 is 10.6 Å². The van der Waals surface area contributed by atoms with Crippen LogP contribution in [0.25, 0.3) is 0 Å². The van der Waals surface area contributed by atoms with Gasteiger partial charge in [-0.25, -0.2) is 0 Å². The Morgan fingerprint density at radius 3 is 2.80 bits per heavy atom. The Bertz CT molecular complexity index is 480. The monoisotopic (exact) mass is 272 g/mol. The molecule has 2 N–H and O–H groups in total. The van der Waals surface area contributed by atoms with Crippen molar-refractivity contribution in [2.45, 2.75) is 51.0 Å². The molecule has 0 saturated heterocycles. The lowest BCUT2D eigenvalue weighted by Crippen LogP contribution is -2.41. The molecule has 1 aliphatic heterocycles. The molecule has 0 radical (unpaired) electrons. The number of fused-ring (bicyclic) bond motifs is 1. The average Bonchev–Trinajstić information content (AvgIpc) is 3.01. The number of nitrogens with one attached hydrogen (secondary N) is 2. The number of carbonyl (C=O) groups is 1. The van der Waals surface area contributed by atoms with Crippen LogP contribution in [0.1, 0.15) is 50.5 Å². The number of hydrogen-bond acceptors (Lipinski definition) is 2. The van der Waals surface area contributed by atoms with E-state index in [0.29, 0.717) is 12.0 Å². The first-order valence-electron chi connectivity index (χ1n) is 7.89. The summed E-state index contributed by atoms with van der Waals surface area (Å²) < 4.78 is 0. The molecule has 2 aliphatic rings. The molecule has 1 saturated carbocycles. The molecule has 1 amide bonds. The van der Waals surface area contributed by atoms with E-state index in [1.54, 1.807) is 0 Å². The largest absolute Gasteiger partial charge is 0.385 e. The van der Waals surface area contributed by atoms with Gasteiger partial charge in [-0.2, -0.15) is 0 Å². The van der Waals surface area contributed by atoms with Crippen LogP contribution in [0.4, 0.5) is 5.69 Å². The van der Waals surface area contributed by atoms with E-state index in [1.807, 2.05) is 12.1 Å². The molecular formula is C17H24N2O. The molecule has 1 aliphatic carbocycles. The molecule has 1 aromatic rings. The predicted octanol–water partition coefficient (Wildman–Crippen LogP) is 3.28. The topological polar surface area (TPSA) is 41.1 Å². The van der Waals surface area contributed by atoms with Crippen molar-refractivity contribution in [1.82, 2.24) is 5.32 Å². The molecular weight excluding hydrogens is 248 g/mol. The minimum atomic E-state index is 0.0105. The Kier molecular flexibility index (Phi) is 3.95. The molecule has 108 valence electrons. The van der Waals surface area contributed by atoms with E-state index in [9.17, 15) is 4.79 Å². The van der Waals surface area contributed by atoms with E-state index < -0.39 is 0 Å². The summed E-state index contributed by atoms with van der Waals surface area (Å²) >= 11 is 0. The van der Waals surface area contributed by atoms with Gasteiger partial charge in [0.25, 0.3) is 0 Å². The highest BCUT2D eigenvalue weighted by Gasteiger charge is 2.29. The molecule has 0 aromatic heterocycles. The van der Waals surface area contributed by atoms with Crippen LogP contribution in [0, 0.1) is 5.92 Å². The molecule has 20 heavy (non-hydrogen) atoms. The smallest absolute Gasteiger partial charge is 0.227 e. The van der Waals surface area contributed by atoms with E-state index in [-0.39, 0.29) is 11.8 Å². The molecule has 3 nitrogen and oxygen atoms in total. The van der Waals surface area contributed by atoms with Gasteiger partial charge in [-0.05, 0) is 43.7 Å². The van der Waals surface area contributed by atoms with Crippen LogP contribution in [-0.2, 0) is 4.79 Å². The fourth-order valence-electron chi connectivity index (χ4n) is 3.64. The Balaban J connectivity index is 1.68. The van der Waals surface area contributed by atoms with Gasteiger partial charge in [-0.3, -0.25) is 4.79 Å². The van der Waals surface area contributed by atoms with Crippen LogP contribution in [-0.4, -0.2) is 18.5 Å². The summed E-state index contributed by atoms with van der Waals surface area (Å²) in [5.74, 6) is 0.894. The highest BCUT2D eigenvalue weighted by molar-refractivity contribution is 5.86. The third-order valence-electron chi connectivity index (χ3n) is 4.88. The number of rotatable bonds is 3. The summed E-state index contributed by atoms with van der Waals surface area (Å²) in [7, 11) is 0. The summed E-state index contributed by atoms with van der Waals surface area (Å²) in [4.78, 5) is 12.6. The average molecular weight is 272 g/mol. The van der Waals surface area contributed by atoms with Gasteiger partial charge in [0, 0.05) is 18.3 Å². The molecule has 0 bridgehead atoms. The fraction of sp³-hybridized carbons (Fsp3) is 0.588. The summed E-state index contributed by atoms with van der Waals surface area (Å²) in [6, 6.07) is 8.49. The van der Waals surface area contributed by atoms with Crippen LogP contribution >= 0.6 is 0 Å². The summed E-state index contributed by atoms with van der Waals surface area (Å²) in [5.41, 5.74) is 2.27. The number of para-hydroxylation sites is 1. The Morgan fingerprint density at radius 2 is 2.00 bits per heavy atom. The van der Waals surface area contributed by atoms with Crippen molar-refractivity contribution >= 4 is 11.6 Å². The maximum Gasteiger partial charge on any atom is 0.227 e. The first-order chi connectivity index (χ1) is 9.75. The molecule has 1 unspecified atom stereocenters. The van der Waals surface area contributed by atoms with E-state index in [2.05, 4.69) is 29.7 Å².